The number of piperidine rings is 1. The number of amides is 4. The van der Waals surface area contributed by atoms with E-state index in [-0.39, 0.29) is 5.92 Å². The highest BCUT2D eigenvalue weighted by atomic mass is 16.5. The third kappa shape index (κ3) is 4.51. The van der Waals surface area contributed by atoms with Crippen LogP contribution in [0.2, 0.25) is 0 Å². The molecule has 3 aliphatic rings. The Morgan fingerprint density at radius 3 is 2.47 bits per heavy atom. The lowest BCUT2D eigenvalue weighted by Crippen LogP contribution is -2.52. The van der Waals surface area contributed by atoms with Crippen molar-refractivity contribution in [3.05, 3.63) is 18.5 Å². The molecule has 1 spiro atoms. The fourth-order valence-electron chi connectivity index (χ4n) is 4.50. The minimum absolute atomic E-state index is 0.327. The monoisotopic (exact) mass is 444 g/mol. The standard InChI is InChI=1S/C21H28N6O5/c1-14-3-7-21(8-4-14)18(30)27(20(31)24-21)25-16(28)13-32-17(29)15-5-11-26(12-6-15)19-22-9-2-10-23-19/h2,9-10,14-15H,3-8,11-13H2,1H3,(H,24,31)(H,25,28). The number of hydrazine groups is 1. The molecule has 2 saturated heterocycles. The van der Waals surface area contributed by atoms with Gasteiger partial charge in [-0.2, -0.15) is 5.01 Å². The molecule has 0 bridgehead atoms. The molecule has 1 aromatic heterocycles. The summed E-state index contributed by atoms with van der Waals surface area (Å²) in [5, 5.41) is 3.44. The molecule has 11 heteroatoms. The average Bonchev–Trinajstić information content (AvgIpc) is 3.04. The summed E-state index contributed by atoms with van der Waals surface area (Å²) in [5.74, 6) is -0.851. The molecule has 0 atom stereocenters. The maximum atomic E-state index is 12.8. The maximum absolute atomic E-state index is 12.8. The van der Waals surface area contributed by atoms with E-state index in [1.807, 2.05) is 4.90 Å². The number of aromatic nitrogens is 2. The molecule has 3 heterocycles. The lowest BCUT2D eigenvalue weighted by Gasteiger charge is -2.33. The number of esters is 1. The predicted molar refractivity (Wildman–Crippen MR) is 112 cm³/mol. The number of nitrogens with one attached hydrogen (secondary N) is 2. The molecule has 32 heavy (non-hydrogen) atoms. The Balaban J connectivity index is 1.22. The lowest BCUT2D eigenvalue weighted by molar-refractivity contribution is -0.154. The molecule has 3 fully saturated rings. The second-order valence-corrected chi connectivity index (χ2v) is 8.79. The van der Waals surface area contributed by atoms with Crippen molar-refractivity contribution in [1.29, 1.82) is 0 Å². The third-order valence-corrected chi connectivity index (χ3v) is 6.53. The molecule has 1 aliphatic carbocycles. The Kier molecular flexibility index (Phi) is 6.24. The van der Waals surface area contributed by atoms with Crippen LogP contribution in [0.5, 0.6) is 0 Å². The second kappa shape index (κ2) is 9.09. The Labute approximate surface area is 185 Å². The van der Waals surface area contributed by atoms with Crippen LogP contribution in [0.3, 0.4) is 0 Å². The summed E-state index contributed by atoms with van der Waals surface area (Å²) >= 11 is 0. The summed E-state index contributed by atoms with van der Waals surface area (Å²) in [6.45, 7) is 2.78. The van der Waals surface area contributed by atoms with E-state index in [0.717, 1.165) is 12.8 Å². The molecule has 4 rings (SSSR count). The van der Waals surface area contributed by atoms with Gasteiger partial charge in [-0.1, -0.05) is 6.92 Å². The SMILES string of the molecule is CC1CCC2(CC1)NC(=O)N(NC(=O)COC(=O)C1CCN(c3ncccn3)CC1)C2=O. The molecule has 4 amide bonds. The smallest absolute Gasteiger partial charge is 0.344 e. The number of carbonyl (C=O) groups excluding carboxylic acids is 4. The zero-order valence-electron chi connectivity index (χ0n) is 18.1. The molecule has 172 valence electrons. The number of anilines is 1. The van der Waals surface area contributed by atoms with Crippen molar-refractivity contribution in [2.24, 2.45) is 11.8 Å². The first-order valence-electron chi connectivity index (χ1n) is 11.0. The van der Waals surface area contributed by atoms with Gasteiger partial charge in [0.25, 0.3) is 11.8 Å². The number of urea groups is 1. The number of imide groups is 1. The topological polar surface area (TPSA) is 134 Å². The van der Waals surface area contributed by atoms with Gasteiger partial charge in [0.2, 0.25) is 5.95 Å². The van der Waals surface area contributed by atoms with Crippen LogP contribution in [-0.2, 0) is 19.1 Å². The van der Waals surface area contributed by atoms with E-state index in [1.165, 1.54) is 0 Å². The minimum atomic E-state index is -0.940. The van der Waals surface area contributed by atoms with E-state index in [4.69, 9.17) is 4.74 Å². The van der Waals surface area contributed by atoms with Crippen LogP contribution >= 0.6 is 0 Å². The molecular formula is C21H28N6O5. The van der Waals surface area contributed by atoms with Crippen LogP contribution in [0.15, 0.2) is 18.5 Å². The van der Waals surface area contributed by atoms with Gasteiger partial charge >= 0.3 is 12.0 Å². The second-order valence-electron chi connectivity index (χ2n) is 8.79. The average molecular weight is 444 g/mol. The van der Waals surface area contributed by atoms with Crippen LogP contribution in [0.1, 0.15) is 45.4 Å². The fourth-order valence-corrected chi connectivity index (χ4v) is 4.50. The van der Waals surface area contributed by atoms with Crippen molar-refractivity contribution in [3.63, 3.8) is 0 Å². The van der Waals surface area contributed by atoms with Crippen LogP contribution < -0.4 is 15.6 Å². The van der Waals surface area contributed by atoms with Crippen LogP contribution in [0.4, 0.5) is 10.7 Å². The molecule has 1 saturated carbocycles. The summed E-state index contributed by atoms with van der Waals surface area (Å²) in [7, 11) is 0. The minimum Gasteiger partial charge on any atom is -0.455 e. The van der Waals surface area contributed by atoms with Gasteiger partial charge < -0.3 is 15.0 Å². The third-order valence-electron chi connectivity index (χ3n) is 6.53. The van der Waals surface area contributed by atoms with Gasteiger partial charge in [-0.15, -0.1) is 0 Å². The van der Waals surface area contributed by atoms with Gasteiger partial charge in [0.15, 0.2) is 6.61 Å². The largest absolute Gasteiger partial charge is 0.455 e. The molecule has 2 aliphatic heterocycles. The summed E-state index contributed by atoms with van der Waals surface area (Å²) in [5.41, 5.74) is 1.34. The summed E-state index contributed by atoms with van der Waals surface area (Å²) < 4.78 is 5.15. The quantitative estimate of drug-likeness (QED) is 0.502. The van der Waals surface area contributed by atoms with Crippen molar-refractivity contribution < 1.29 is 23.9 Å². The van der Waals surface area contributed by atoms with Crippen LogP contribution in [0, 0.1) is 11.8 Å². The molecule has 1 aromatic rings. The first-order valence-corrected chi connectivity index (χ1v) is 11.0. The zero-order valence-corrected chi connectivity index (χ0v) is 18.1. The van der Waals surface area contributed by atoms with Crippen molar-refractivity contribution in [2.45, 2.75) is 51.0 Å². The van der Waals surface area contributed by atoms with Crippen molar-refractivity contribution in [3.8, 4) is 0 Å². The number of carbonyl (C=O) groups is 4. The highest BCUT2D eigenvalue weighted by molar-refractivity contribution is 6.08. The maximum Gasteiger partial charge on any atom is 0.344 e. The van der Waals surface area contributed by atoms with E-state index >= 15 is 0 Å². The summed E-state index contributed by atoms with van der Waals surface area (Å²) in [6, 6.07) is 1.09. The summed E-state index contributed by atoms with van der Waals surface area (Å²) in [4.78, 5) is 60.1. The lowest BCUT2D eigenvalue weighted by atomic mass is 9.77. The zero-order chi connectivity index (χ0) is 22.7. The number of hydrogen-bond acceptors (Lipinski definition) is 8. The Morgan fingerprint density at radius 2 is 1.81 bits per heavy atom. The first kappa shape index (κ1) is 22.0. The Hall–Kier alpha value is -3.24. The van der Waals surface area contributed by atoms with E-state index < -0.39 is 36.0 Å². The van der Waals surface area contributed by atoms with Crippen molar-refractivity contribution in [2.75, 3.05) is 24.6 Å². The van der Waals surface area contributed by atoms with Crippen molar-refractivity contribution in [1.82, 2.24) is 25.7 Å². The Bertz CT molecular complexity index is 878. The van der Waals surface area contributed by atoms with Crippen LogP contribution in [-0.4, -0.2) is 64.0 Å². The number of hydrogen-bond donors (Lipinski definition) is 2. The van der Waals surface area contributed by atoms with Gasteiger partial charge in [0.05, 0.1) is 5.92 Å². The van der Waals surface area contributed by atoms with E-state index in [9.17, 15) is 19.2 Å². The molecule has 0 radical (unpaired) electrons. The molecular weight excluding hydrogens is 416 g/mol. The van der Waals surface area contributed by atoms with E-state index in [0.29, 0.717) is 55.6 Å². The number of rotatable bonds is 5. The van der Waals surface area contributed by atoms with E-state index in [1.54, 1.807) is 18.5 Å². The summed E-state index contributed by atoms with van der Waals surface area (Å²) in [6.07, 6.45) is 7.23. The normalized spacial score (nSPS) is 26.2. The van der Waals surface area contributed by atoms with Gasteiger partial charge in [-0.25, -0.2) is 14.8 Å². The highest BCUT2D eigenvalue weighted by Crippen LogP contribution is 2.35. The fraction of sp³-hybridized carbons (Fsp3) is 0.619. The highest BCUT2D eigenvalue weighted by Gasteiger charge is 2.52. The van der Waals surface area contributed by atoms with Gasteiger partial charge in [0, 0.05) is 25.5 Å². The molecule has 2 N–H and O–H groups in total. The molecule has 0 aromatic carbocycles. The predicted octanol–water partition coefficient (Wildman–Crippen LogP) is 0.768. The number of ether oxygens (including phenoxy) is 1. The first-order chi connectivity index (χ1) is 15.4. The van der Waals surface area contributed by atoms with Gasteiger partial charge in [0.1, 0.15) is 5.54 Å². The van der Waals surface area contributed by atoms with E-state index in [2.05, 4.69) is 27.6 Å². The molecule has 0 unspecified atom stereocenters. The Morgan fingerprint density at radius 1 is 1.16 bits per heavy atom. The van der Waals surface area contributed by atoms with Crippen molar-refractivity contribution >= 4 is 29.8 Å². The van der Waals surface area contributed by atoms with Gasteiger partial charge in [-0.05, 0) is 50.5 Å². The van der Waals surface area contributed by atoms with Gasteiger partial charge in [-0.3, -0.25) is 19.8 Å². The molecule has 11 nitrogen and oxygen atoms in total. The number of nitrogens with zero attached hydrogens (tertiary/aromatic N) is 4. The van der Waals surface area contributed by atoms with Crippen LogP contribution in [0.25, 0.3) is 0 Å².